The van der Waals surface area contributed by atoms with Crippen molar-refractivity contribution in [2.45, 2.75) is 127 Å². The van der Waals surface area contributed by atoms with Gasteiger partial charge in [-0.25, -0.2) is 8.42 Å². The second kappa shape index (κ2) is 21.4. The van der Waals surface area contributed by atoms with E-state index in [1.807, 2.05) is 48.8 Å². The third kappa shape index (κ3) is 12.2. The van der Waals surface area contributed by atoms with Gasteiger partial charge < -0.3 is 19.1 Å². The highest BCUT2D eigenvalue weighted by molar-refractivity contribution is 7.91. The molecule has 0 aliphatic rings. The molecule has 0 saturated carbocycles. The lowest BCUT2D eigenvalue weighted by Gasteiger charge is -2.22. The highest BCUT2D eigenvalue weighted by Crippen LogP contribution is 2.34. The third-order valence-electron chi connectivity index (χ3n) is 8.23. The fourth-order valence-corrected chi connectivity index (χ4v) is 7.48. The number of nitrogens with zero attached hydrogens (tertiary/aromatic N) is 2. The summed E-state index contributed by atoms with van der Waals surface area (Å²) >= 11 is 0. The minimum Gasteiger partial charge on any atom is -0.494 e. The number of benzene rings is 1. The van der Waals surface area contributed by atoms with Crippen LogP contribution in [-0.2, 0) is 9.84 Å². The van der Waals surface area contributed by atoms with E-state index in [0.29, 0.717) is 21.9 Å². The molecule has 7 heteroatoms. The summed E-state index contributed by atoms with van der Waals surface area (Å²) < 4.78 is 35.4. The molecule has 0 bridgehead atoms. The first kappa shape index (κ1) is 37.8. The summed E-state index contributed by atoms with van der Waals surface area (Å²) in [6.45, 7) is 12.7. The van der Waals surface area contributed by atoms with Crippen molar-refractivity contribution in [2.75, 3.05) is 33.4 Å². The first-order valence-corrected chi connectivity index (χ1v) is 18.6. The van der Waals surface area contributed by atoms with E-state index in [0.717, 1.165) is 31.4 Å². The summed E-state index contributed by atoms with van der Waals surface area (Å²) in [7, 11) is -2.67. The lowest BCUT2D eigenvalue weighted by Crippen LogP contribution is -2.28. The topological polar surface area (TPSA) is 71.2 Å². The Morgan fingerprint density at radius 3 is 1.86 bits per heavy atom. The molecule has 0 unspecified atom stereocenters. The molecular formula is C37H60N2O4S. The van der Waals surface area contributed by atoms with Crippen LogP contribution in [-0.4, -0.2) is 56.2 Å². The average molecular weight is 629 g/mol. The predicted molar refractivity (Wildman–Crippen MR) is 185 cm³/mol. The number of hydrogen-bond acceptors (Lipinski definition) is 5. The Labute approximate surface area is 268 Å². The second-order valence-corrected chi connectivity index (χ2v) is 14.0. The van der Waals surface area contributed by atoms with Gasteiger partial charge in [0.2, 0.25) is 9.84 Å². The van der Waals surface area contributed by atoms with Crippen LogP contribution in [0.15, 0.2) is 64.6 Å². The molecule has 248 valence electrons. The van der Waals surface area contributed by atoms with E-state index < -0.39 is 9.84 Å². The van der Waals surface area contributed by atoms with Gasteiger partial charge in [0.1, 0.15) is 10.6 Å². The van der Waals surface area contributed by atoms with Gasteiger partial charge in [0.15, 0.2) is 0 Å². The maximum Gasteiger partial charge on any atom is 0.209 e. The van der Waals surface area contributed by atoms with E-state index in [1.165, 1.54) is 90.1 Å². The molecule has 6 nitrogen and oxygen atoms in total. The van der Waals surface area contributed by atoms with Gasteiger partial charge in [-0.2, -0.15) is 0 Å². The number of pyridine rings is 1. The van der Waals surface area contributed by atoms with Gasteiger partial charge in [-0.05, 0) is 80.2 Å². The normalized spacial score (nSPS) is 11.7. The molecule has 0 saturated heterocycles. The summed E-state index contributed by atoms with van der Waals surface area (Å²) in [6, 6.07) is 12.6. The number of unbranched alkanes of at least 4 members (excludes halogenated alkanes) is 10. The number of rotatable bonds is 22. The SMILES string of the molecule is CCCCCCCCN(CCCCCCCC)CCCOc1ccc(S(=O)(=O)c2c(C(C)C)cn3ccccc23)cc1.CO. The number of aliphatic hydroxyl groups excluding tert-OH is 1. The fraction of sp³-hybridized carbons (Fsp3) is 0.622. The zero-order valence-corrected chi connectivity index (χ0v) is 29.1. The molecular weight excluding hydrogens is 568 g/mol. The summed E-state index contributed by atoms with van der Waals surface area (Å²) in [5.41, 5.74) is 1.56. The molecule has 0 atom stereocenters. The average Bonchev–Trinajstić information content (AvgIpc) is 3.44. The molecule has 0 radical (unpaired) electrons. The quantitative estimate of drug-likeness (QED) is 0.112. The highest BCUT2D eigenvalue weighted by Gasteiger charge is 2.27. The van der Waals surface area contributed by atoms with Crippen LogP contribution >= 0.6 is 0 Å². The zero-order chi connectivity index (χ0) is 32.2. The Balaban J connectivity index is 0.00000330. The van der Waals surface area contributed by atoms with Gasteiger partial charge >= 0.3 is 0 Å². The minimum atomic E-state index is -3.67. The van der Waals surface area contributed by atoms with Crippen LogP contribution < -0.4 is 4.74 Å². The summed E-state index contributed by atoms with van der Waals surface area (Å²) in [5, 5.41) is 7.00. The van der Waals surface area contributed by atoms with Crippen molar-refractivity contribution in [1.82, 2.24) is 9.30 Å². The van der Waals surface area contributed by atoms with Gasteiger partial charge in [-0.1, -0.05) is 98.0 Å². The third-order valence-corrected chi connectivity index (χ3v) is 10.1. The Morgan fingerprint density at radius 1 is 0.750 bits per heavy atom. The molecule has 3 rings (SSSR count). The summed E-state index contributed by atoms with van der Waals surface area (Å²) in [6.07, 6.45) is 20.8. The van der Waals surface area contributed by atoms with Crippen LogP contribution in [0.2, 0.25) is 0 Å². The van der Waals surface area contributed by atoms with Crippen LogP contribution in [0.1, 0.15) is 123 Å². The van der Waals surface area contributed by atoms with Crippen molar-refractivity contribution in [1.29, 1.82) is 0 Å². The van der Waals surface area contributed by atoms with E-state index in [-0.39, 0.29) is 5.92 Å². The van der Waals surface area contributed by atoms with E-state index in [2.05, 4.69) is 18.7 Å². The zero-order valence-electron chi connectivity index (χ0n) is 28.3. The minimum absolute atomic E-state index is 0.0963. The van der Waals surface area contributed by atoms with Crippen molar-refractivity contribution >= 4 is 15.4 Å². The lowest BCUT2D eigenvalue weighted by atomic mass is 10.1. The molecule has 0 aliphatic carbocycles. The number of aromatic nitrogens is 1. The number of hydrogen-bond donors (Lipinski definition) is 1. The molecule has 0 spiro atoms. The summed E-state index contributed by atoms with van der Waals surface area (Å²) in [4.78, 5) is 3.34. The van der Waals surface area contributed by atoms with Crippen LogP contribution in [0.4, 0.5) is 0 Å². The molecule has 1 aromatic carbocycles. The smallest absolute Gasteiger partial charge is 0.209 e. The van der Waals surface area contributed by atoms with E-state index in [1.54, 1.807) is 24.3 Å². The van der Waals surface area contributed by atoms with E-state index in [4.69, 9.17) is 9.84 Å². The Morgan fingerprint density at radius 2 is 1.30 bits per heavy atom. The van der Waals surface area contributed by atoms with Gasteiger partial charge in [-0.15, -0.1) is 0 Å². The van der Waals surface area contributed by atoms with Gasteiger partial charge in [0.25, 0.3) is 0 Å². The molecule has 3 aromatic rings. The van der Waals surface area contributed by atoms with Crippen molar-refractivity contribution in [3.05, 3.63) is 60.4 Å². The van der Waals surface area contributed by atoms with Crippen molar-refractivity contribution in [3.8, 4) is 5.75 Å². The largest absolute Gasteiger partial charge is 0.494 e. The molecule has 0 aliphatic heterocycles. The number of fused-ring (bicyclic) bond motifs is 1. The molecule has 0 fully saturated rings. The van der Waals surface area contributed by atoms with Crippen LogP contribution in [0.3, 0.4) is 0 Å². The van der Waals surface area contributed by atoms with Crippen LogP contribution in [0.5, 0.6) is 5.75 Å². The highest BCUT2D eigenvalue weighted by atomic mass is 32.2. The Hall–Kier alpha value is -2.35. The van der Waals surface area contributed by atoms with Gasteiger partial charge in [0, 0.05) is 26.0 Å². The van der Waals surface area contributed by atoms with Crippen LogP contribution in [0.25, 0.3) is 5.52 Å². The number of aliphatic hydroxyl groups is 1. The second-order valence-electron chi connectivity index (χ2n) is 12.1. The predicted octanol–water partition coefficient (Wildman–Crippen LogP) is 9.30. The number of sulfone groups is 1. The van der Waals surface area contributed by atoms with Crippen molar-refractivity contribution < 1.29 is 18.3 Å². The maximum atomic E-state index is 13.7. The van der Waals surface area contributed by atoms with Crippen molar-refractivity contribution in [2.24, 2.45) is 0 Å². The first-order chi connectivity index (χ1) is 21.4. The maximum absolute atomic E-state index is 13.7. The lowest BCUT2D eigenvalue weighted by molar-refractivity contribution is 0.226. The van der Waals surface area contributed by atoms with Crippen molar-refractivity contribution in [3.63, 3.8) is 0 Å². The number of ether oxygens (including phenoxy) is 1. The molecule has 1 N–H and O–H groups in total. The van der Waals surface area contributed by atoms with Gasteiger partial charge in [0.05, 0.1) is 17.0 Å². The Kier molecular flexibility index (Phi) is 18.4. The molecule has 2 aromatic heterocycles. The Bertz CT molecular complexity index is 1250. The van der Waals surface area contributed by atoms with E-state index in [9.17, 15) is 8.42 Å². The monoisotopic (exact) mass is 628 g/mol. The standard InChI is InChI=1S/C36H56N2O3S.CH4O/c1-5-7-9-11-13-16-25-37(26-17-14-12-10-8-6-2)27-19-29-41-32-21-23-33(24-22-32)42(39,40)36-34(31(3)4)30-38-28-18-15-20-35(36)38;1-2/h15,18,20-24,28,30-31H,5-14,16-17,19,25-27,29H2,1-4H3;2H,1H3. The van der Waals surface area contributed by atoms with E-state index >= 15 is 0 Å². The fourth-order valence-electron chi connectivity index (χ4n) is 5.70. The first-order valence-electron chi connectivity index (χ1n) is 17.1. The molecule has 2 heterocycles. The molecule has 0 amide bonds. The van der Waals surface area contributed by atoms with Crippen LogP contribution in [0, 0.1) is 0 Å². The van der Waals surface area contributed by atoms with Gasteiger partial charge in [-0.3, -0.25) is 0 Å². The summed E-state index contributed by atoms with van der Waals surface area (Å²) in [5.74, 6) is 0.817. The molecule has 44 heavy (non-hydrogen) atoms.